The number of hydrogen-bond acceptors (Lipinski definition) is 6. The van der Waals surface area contributed by atoms with Gasteiger partial charge in [0.25, 0.3) is 5.56 Å². The molecule has 2 rings (SSSR count). The largest absolute Gasteiger partial charge is 0.483 e. The van der Waals surface area contributed by atoms with E-state index in [2.05, 4.69) is 9.98 Å². The highest BCUT2D eigenvalue weighted by atomic mass is 16.5. The average molecular weight is 332 g/mol. The van der Waals surface area contributed by atoms with Crippen LogP contribution in [0.15, 0.2) is 45.2 Å². The molecular formula is C16H20N4O4. The van der Waals surface area contributed by atoms with Crippen molar-refractivity contribution in [2.75, 3.05) is 13.2 Å². The Hall–Kier alpha value is -2.74. The number of pyridine rings is 1. The van der Waals surface area contributed by atoms with Crippen LogP contribution in [0.25, 0.3) is 0 Å². The summed E-state index contributed by atoms with van der Waals surface area (Å²) >= 11 is 0. The lowest BCUT2D eigenvalue weighted by atomic mass is 10.3. The van der Waals surface area contributed by atoms with Gasteiger partial charge in [-0.2, -0.15) is 0 Å². The Morgan fingerprint density at radius 3 is 2.88 bits per heavy atom. The second-order valence-electron chi connectivity index (χ2n) is 4.99. The normalized spacial score (nSPS) is 11.1. The van der Waals surface area contributed by atoms with E-state index in [1.807, 2.05) is 13.0 Å². The van der Waals surface area contributed by atoms with Gasteiger partial charge >= 0.3 is 5.69 Å². The maximum atomic E-state index is 12.7. The molecule has 0 aliphatic heterocycles. The van der Waals surface area contributed by atoms with E-state index in [9.17, 15) is 9.59 Å². The highest BCUT2D eigenvalue weighted by Crippen LogP contribution is 2.09. The molecule has 0 amide bonds. The standard InChI is InChI=1S/C16H20N4O4/c1-2-24-12-18-14-9-15(22)19(7-4-8-21)16(23)20(14)11-13-5-3-6-17-10-13/h3,5-6,9-10,12,21H,2,4,7-8,11H2,1H3. The third kappa shape index (κ3) is 4.39. The summed E-state index contributed by atoms with van der Waals surface area (Å²) in [5.41, 5.74) is -0.136. The number of hydrogen-bond donors (Lipinski definition) is 1. The number of aliphatic hydroxyl groups is 1. The second kappa shape index (κ2) is 8.78. The Morgan fingerprint density at radius 1 is 1.38 bits per heavy atom. The molecule has 0 fully saturated rings. The predicted molar refractivity (Wildman–Crippen MR) is 89.8 cm³/mol. The number of aliphatic hydroxyl groups excluding tert-OH is 1. The van der Waals surface area contributed by atoms with E-state index in [0.717, 1.165) is 10.1 Å². The first kappa shape index (κ1) is 17.6. The monoisotopic (exact) mass is 332 g/mol. The predicted octanol–water partition coefficient (Wildman–Crippen LogP) is 0.532. The minimum atomic E-state index is -0.483. The number of rotatable bonds is 8. The van der Waals surface area contributed by atoms with Crippen LogP contribution >= 0.6 is 0 Å². The van der Waals surface area contributed by atoms with Crippen LogP contribution in [0.4, 0.5) is 5.82 Å². The SMILES string of the molecule is CCOC=Nc1cc(=O)n(CCCO)c(=O)n1Cc1cccnc1. The van der Waals surface area contributed by atoms with Crippen molar-refractivity contribution in [2.24, 2.45) is 4.99 Å². The van der Waals surface area contributed by atoms with Crippen LogP contribution in [-0.2, 0) is 17.8 Å². The zero-order valence-electron chi connectivity index (χ0n) is 13.5. The molecule has 0 spiro atoms. The van der Waals surface area contributed by atoms with Gasteiger partial charge in [-0.1, -0.05) is 6.07 Å². The number of ether oxygens (including phenoxy) is 1. The van der Waals surface area contributed by atoms with Crippen molar-refractivity contribution in [3.05, 3.63) is 57.0 Å². The van der Waals surface area contributed by atoms with E-state index in [1.165, 1.54) is 17.0 Å². The van der Waals surface area contributed by atoms with E-state index in [-0.39, 0.29) is 25.5 Å². The van der Waals surface area contributed by atoms with Crippen molar-refractivity contribution in [3.63, 3.8) is 0 Å². The molecule has 128 valence electrons. The minimum absolute atomic E-state index is 0.0985. The van der Waals surface area contributed by atoms with Gasteiger partial charge in [-0.15, -0.1) is 0 Å². The Bertz CT molecular complexity index is 796. The van der Waals surface area contributed by atoms with Gasteiger partial charge in [-0.05, 0) is 25.0 Å². The summed E-state index contributed by atoms with van der Waals surface area (Å²) in [6, 6.07) is 4.88. The molecule has 2 heterocycles. The third-order valence-electron chi connectivity index (χ3n) is 3.29. The van der Waals surface area contributed by atoms with Gasteiger partial charge in [-0.3, -0.25) is 18.9 Å². The van der Waals surface area contributed by atoms with Crippen molar-refractivity contribution >= 4 is 12.2 Å². The van der Waals surface area contributed by atoms with Crippen LogP contribution in [-0.4, -0.2) is 38.8 Å². The molecule has 0 aromatic carbocycles. The molecule has 0 aliphatic carbocycles. The molecule has 1 N–H and O–H groups in total. The van der Waals surface area contributed by atoms with E-state index in [4.69, 9.17) is 9.84 Å². The highest BCUT2D eigenvalue weighted by molar-refractivity contribution is 5.53. The van der Waals surface area contributed by atoms with Gasteiger partial charge in [-0.25, -0.2) is 9.79 Å². The van der Waals surface area contributed by atoms with Crippen molar-refractivity contribution < 1.29 is 9.84 Å². The summed E-state index contributed by atoms with van der Waals surface area (Å²) in [6.07, 6.45) is 4.82. The molecule has 0 saturated carbocycles. The van der Waals surface area contributed by atoms with Crippen molar-refractivity contribution in [1.29, 1.82) is 0 Å². The number of nitrogens with zero attached hydrogens (tertiary/aromatic N) is 4. The molecule has 0 radical (unpaired) electrons. The van der Waals surface area contributed by atoms with E-state index >= 15 is 0 Å². The summed E-state index contributed by atoms with van der Waals surface area (Å²) in [4.78, 5) is 32.9. The maximum Gasteiger partial charge on any atom is 0.332 e. The zero-order chi connectivity index (χ0) is 17.4. The Kier molecular flexibility index (Phi) is 6.44. The lowest BCUT2D eigenvalue weighted by Crippen LogP contribution is -2.39. The molecule has 0 atom stereocenters. The Morgan fingerprint density at radius 2 is 2.21 bits per heavy atom. The molecule has 8 heteroatoms. The molecule has 2 aromatic heterocycles. The molecule has 0 unspecified atom stereocenters. The van der Waals surface area contributed by atoms with Crippen LogP contribution < -0.4 is 11.2 Å². The fraction of sp³-hybridized carbons (Fsp3) is 0.375. The fourth-order valence-corrected chi connectivity index (χ4v) is 2.13. The molecule has 0 saturated heterocycles. The van der Waals surface area contributed by atoms with Crippen molar-refractivity contribution in [2.45, 2.75) is 26.4 Å². The zero-order valence-corrected chi connectivity index (χ0v) is 13.5. The number of aromatic nitrogens is 3. The lowest BCUT2D eigenvalue weighted by molar-refractivity contribution is 0.277. The summed E-state index contributed by atoms with van der Waals surface area (Å²) in [6.45, 7) is 2.52. The molecule has 8 nitrogen and oxygen atoms in total. The van der Waals surface area contributed by atoms with Gasteiger partial charge < -0.3 is 9.84 Å². The molecule has 2 aromatic rings. The maximum absolute atomic E-state index is 12.7. The lowest BCUT2D eigenvalue weighted by Gasteiger charge is -2.12. The minimum Gasteiger partial charge on any atom is -0.483 e. The first-order valence-electron chi connectivity index (χ1n) is 7.66. The first-order chi connectivity index (χ1) is 11.7. The van der Waals surface area contributed by atoms with Gasteiger partial charge in [0.1, 0.15) is 5.82 Å². The Labute approximate surface area is 138 Å². The van der Waals surface area contributed by atoms with Gasteiger partial charge in [0, 0.05) is 31.6 Å². The Balaban J connectivity index is 2.49. The van der Waals surface area contributed by atoms with Crippen molar-refractivity contribution in [3.8, 4) is 0 Å². The van der Waals surface area contributed by atoms with E-state index < -0.39 is 11.2 Å². The van der Waals surface area contributed by atoms with Gasteiger partial charge in [0.05, 0.1) is 13.2 Å². The van der Waals surface area contributed by atoms with Crippen LogP contribution in [0.3, 0.4) is 0 Å². The fourth-order valence-electron chi connectivity index (χ4n) is 2.13. The quantitative estimate of drug-likeness (QED) is 0.562. The summed E-state index contributed by atoms with van der Waals surface area (Å²) in [7, 11) is 0. The van der Waals surface area contributed by atoms with E-state index in [0.29, 0.717) is 13.0 Å². The van der Waals surface area contributed by atoms with Gasteiger partial charge in [0.15, 0.2) is 6.40 Å². The molecule has 24 heavy (non-hydrogen) atoms. The van der Waals surface area contributed by atoms with Crippen LogP contribution in [0, 0.1) is 0 Å². The van der Waals surface area contributed by atoms with Crippen molar-refractivity contribution in [1.82, 2.24) is 14.1 Å². The summed E-state index contributed by atoms with van der Waals surface area (Å²) in [5.74, 6) is 0.211. The van der Waals surface area contributed by atoms with Crippen LogP contribution in [0.5, 0.6) is 0 Å². The molecular weight excluding hydrogens is 312 g/mol. The smallest absolute Gasteiger partial charge is 0.332 e. The molecule has 0 bridgehead atoms. The van der Waals surface area contributed by atoms with Crippen LogP contribution in [0.1, 0.15) is 18.9 Å². The highest BCUT2D eigenvalue weighted by Gasteiger charge is 2.11. The molecule has 0 aliphatic rings. The average Bonchev–Trinajstić information content (AvgIpc) is 2.59. The summed E-state index contributed by atoms with van der Waals surface area (Å²) in [5, 5.41) is 8.94. The van der Waals surface area contributed by atoms with Crippen LogP contribution in [0.2, 0.25) is 0 Å². The van der Waals surface area contributed by atoms with Gasteiger partial charge in [0.2, 0.25) is 0 Å². The topological polar surface area (TPSA) is 98.7 Å². The number of aliphatic imine (C=N–C) groups is 1. The summed E-state index contributed by atoms with van der Waals surface area (Å²) < 4.78 is 7.53. The van der Waals surface area contributed by atoms with E-state index in [1.54, 1.807) is 18.5 Å². The first-order valence-corrected chi connectivity index (χ1v) is 7.66. The second-order valence-corrected chi connectivity index (χ2v) is 4.99. The third-order valence-corrected chi connectivity index (χ3v) is 3.29.